The second kappa shape index (κ2) is 8.11. The van der Waals surface area contributed by atoms with Gasteiger partial charge in [0.1, 0.15) is 0 Å². The summed E-state index contributed by atoms with van der Waals surface area (Å²) < 4.78 is 9.97. The van der Waals surface area contributed by atoms with Crippen molar-refractivity contribution in [3.05, 3.63) is 63.7 Å². The zero-order valence-electron chi connectivity index (χ0n) is 14.5. The van der Waals surface area contributed by atoms with E-state index in [-0.39, 0.29) is 11.3 Å². The molecule has 8 nitrogen and oxygen atoms in total. The Kier molecular flexibility index (Phi) is 5.90. The van der Waals surface area contributed by atoms with Crippen LogP contribution < -0.4 is 10.1 Å². The predicted molar refractivity (Wildman–Crippen MR) is 94.3 cm³/mol. The van der Waals surface area contributed by atoms with E-state index in [1.807, 2.05) is 19.1 Å². The Hall–Kier alpha value is -3.42. The molecule has 1 N–H and O–H groups in total. The highest BCUT2D eigenvalue weighted by Gasteiger charge is 2.23. The quantitative estimate of drug-likeness (QED) is 0.483. The van der Waals surface area contributed by atoms with E-state index in [0.717, 1.165) is 11.6 Å². The maximum absolute atomic E-state index is 12.2. The Morgan fingerprint density at radius 3 is 2.38 bits per heavy atom. The van der Waals surface area contributed by atoms with Crippen LogP contribution in [0.2, 0.25) is 0 Å². The molecular formula is C18H18N2O6. The van der Waals surface area contributed by atoms with E-state index in [4.69, 9.17) is 4.74 Å². The van der Waals surface area contributed by atoms with Gasteiger partial charge in [-0.25, -0.2) is 4.79 Å². The third kappa shape index (κ3) is 4.56. The molecule has 0 heterocycles. The average molecular weight is 358 g/mol. The SMILES string of the molecule is COC(=O)c1ccc(O[C@H](C)C(=O)Nc2ccc(C)cc2)c([N+](=O)[O-])c1. The van der Waals surface area contributed by atoms with E-state index in [0.29, 0.717) is 5.69 Å². The van der Waals surface area contributed by atoms with Gasteiger partial charge in [-0.1, -0.05) is 17.7 Å². The second-order valence-electron chi connectivity index (χ2n) is 5.55. The van der Waals surface area contributed by atoms with Crippen molar-refractivity contribution in [2.24, 2.45) is 0 Å². The lowest BCUT2D eigenvalue weighted by Crippen LogP contribution is -2.30. The molecule has 2 aromatic rings. The number of aryl methyl sites for hydroxylation is 1. The van der Waals surface area contributed by atoms with E-state index in [1.54, 1.807) is 12.1 Å². The maximum atomic E-state index is 12.2. The van der Waals surface area contributed by atoms with Crippen molar-refractivity contribution in [3.8, 4) is 5.75 Å². The molecule has 0 radical (unpaired) electrons. The Labute approximate surface area is 149 Å². The molecule has 8 heteroatoms. The molecule has 0 aliphatic heterocycles. The van der Waals surface area contributed by atoms with Gasteiger partial charge in [0.2, 0.25) is 0 Å². The van der Waals surface area contributed by atoms with Gasteiger partial charge in [-0.2, -0.15) is 0 Å². The summed E-state index contributed by atoms with van der Waals surface area (Å²) in [6, 6.07) is 10.8. The Morgan fingerprint density at radius 1 is 1.15 bits per heavy atom. The number of carbonyl (C=O) groups excluding carboxylic acids is 2. The summed E-state index contributed by atoms with van der Waals surface area (Å²) >= 11 is 0. The van der Waals surface area contributed by atoms with E-state index >= 15 is 0 Å². The summed E-state index contributed by atoms with van der Waals surface area (Å²) in [5.74, 6) is -1.28. The molecule has 1 amide bonds. The largest absolute Gasteiger partial charge is 0.474 e. The number of benzene rings is 2. The number of nitrogens with zero attached hydrogens (tertiary/aromatic N) is 1. The number of methoxy groups -OCH3 is 1. The van der Waals surface area contributed by atoms with Crippen LogP contribution in [0.1, 0.15) is 22.8 Å². The number of hydrogen-bond acceptors (Lipinski definition) is 6. The van der Waals surface area contributed by atoms with E-state index in [9.17, 15) is 19.7 Å². The van der Waals surface area contributed by atoms with Gasteiger partial charge in [0, 0.05) is 11.8 Å². The van der Waals surface area contributed by atoms with Crippen molar-refractivity contribution >= 4 is 23.3 Å². The van der Waals surface area contributed by atoms with Gasteiger partial charge in [-0.3, -0.25) is 14.9 Å². The van der Waals surface area contributed by atoms with Gasteiger partial charge in [0.15, 0.2) is 11.9 Å². The topological polar surface area (TPSA) is 108 Å². The van der Waals surface area contributed by atoms with Gasteiger partial charge in [0.25, 0.3) is 5.91 Å². The minimum atomic E-state index is -0.987. The Balaban J connectivity index is 2.15. The number of carbonyl (C=O) groups is 2. The predicted octanol–water partition coefficient (Wildman–Crippen LogP) is 3.10. The lowest BCUT2D eigenvalue weighted by Gasteiger charge is -2.15. The highest BCUT2D eigenvalue weighted by molar-refractivity contribution is 5.94. The van der Waals surface area contributed by atoms with Crippen molar-refractivity contribution in [2.45, 2.75) is 20.0 Å². The van der Waals surface area contributed by atoms with Crippen LogP contribution in [0.15, 0.2) is 42.5 Å². The van der Waals surface area contributed by atoms with Gasteiger partial charge < -0.3 is 14.8 Å². The standard InChI is InChI=1S/C18H18N2O6/c1-11-4-7-14(8-5-11)19-17(21)12(2)26-16-9-6-13(18(22)25-3)10-15(16)20(23)24/h4-10,12H,1-3H3,(H,19,21)/t12-/m1/s1. The molecule has 0 spiro atoms. The summed E-state index contributed by atoms with van der Waals surface area (Å²) in [5.41, 5.74) is 1.23. The summed E-state index contributed by atoms with van der Waals surface area (Å²) in [7, 11) is 1.18. The third-order valence-corrected chi connectivity index (χ3v) is 3.57. The molecule has 0 bridgehead atoms. The van der Waals surface area contributed by atoms with Crippen molar-refractivity contribution in [3.63, 3.8) is 0 Å². The zero-order chi connectivity index (χ0) is 19.3. The number of nitrogens with one attached hydrogen (secondary N) is 1. The van der Waals surface area contributed by atoms with E-state index in [2.05, 4.69) is 10.1 Å². The van der Waals surface area contributed by atoms with Crippen LogP contribution in [0.5, 0.6) is 5.75 Å². The van der Waals surface area contributed by atoms with Crippen molar-refractivity contribution in [1.82, 2.24) is 0 Å². The highest BCUT2D eigenvalue weighted by Crippen LogP contribution is 2.29. The summed E-state index contributed by atoms with van der Waals surface area (Å²) in [5, 5.41) is 13.9. The monoisotopic (exact) mass is 358 g/mol. The first-order chi connectivity index (χ1) is 12.3. The first-order valence-corrected chi connectivity index (χ1v) is 7.72. The number of nitro groups is 1. The normalized spacial score (nSPS) is 11.3. The molecule has 0 aliphatic rings. The van der Waals surface area contributed by atoms with Crippen molar-refractivity contribution < 1.29 is 24.0 Å². The molecule has 2 aromatic carbocycles. The number of esters is 1. The van der Waals surface area contributed by atoms with Crippen LogP contribution in [0.4, 0.5) is 11.4 Å². The fraction of sp³-hybridized carbons (Fsp3) is 0.222. The molecule has 0 aromatic heterocycles. The molecule has 0 aliphatic carbocycles. The molecule has 0 unspecified atom stereocenters. The zero-order valence-corrected chi connectivity index (χ0v) is 14.5. The first kappa shape index (κ1) is 18.9. The number of amides is 1. The summed E-state index contributed by atoms with van der Waals surface area (Å²) in [4.78, 5) is 34.3. The van der Waals surface area contributed by atoms with Crippen molar-refractivity contribution in [1.29, 1.82) is 0 Å². The van der Waals surface area contributed by atoms with Crippen molar-refractivity contribution in [2.75, 3.05) is 12.4 Å². The molecule has 0 saturated heterocycles. The molecule has 0 saturated carbocycles. The smallest absolute Gasteiger partial charge is 0.338 e. The van der Waals surface area contributed by atoms with Crippen LogP contribution in [0, 0.1) is 17.0 Å². The van der Waals surface area contributed by atoms with Gasteiger partial charge in [-0.15, -0.1) is 0 Å². The molecule has 1 atom stereocenters. The minimum Gasteiger partial charge on any atom is -0.474 e. The maximum Gasteiger partial charge on any atom is 0.338 e. The van der Waals surface area contributed by atoms with E-state index < -0.39 is 28.6 Å². The molecule has 0 fully saturated rings. The molecule has 2 rings (SSSR count). The Bertz CT molecular complexity index is 832. The van der Waals surface area contributed by atoms with Crippen LogP contribution in [-0.4, -0.2) is 30.0 Å². The van der Waals surface area contributed by atoms with Gasteiger partial charge in [0.05, 0.1) is 17.6 Å². The second-order valence-corrected chi connectivity index (χ2v) is 5.55. The van der Waals surface area contributed by atoms with Gasteiger partial charge in [-0.05, 0) is 38.1 Å². The number of ether oxygens (including phenoxy) is 2. The number of hydrogen-bond donors (Lipinski definition) is 1. The highest BCUT2D eigenvalue weighted by atomic mass is 16.6. The van der Waals surface area contributed by atoms with Crippen LogP contribution in [0.3, 0.4) is 0 Å². The minimum absolute atomic E-state index is 0.0170. The van der Waals surface area contributed by atoms with Crippen LogP contribution >= 0.6 is 0 Å². The lowest BCUT2D eigenvalue weighted by molar-refractivity contribution is -0.386. The lowest BCUT2D eigenvalue weighted by atomic mass is 10.2. The number of rotatable bonds is 6. The average Bonchev–Trinajstić information content (AvgIpc) is 2.62. The fourth-order valence-corrected chi connectivity index (χ4v) is 2.13. The Morgan fingerprint density at radius 2 is 1.81 bits per heavy atom. The molecular weight excluding hydrogens is 340 g/mol. The molecule has 136 valence electrons. The summed E-state index contributed by atoms with van der Waals surface area (Å²) in [6.07, 6.45) is -0.987. The third-order valence-electron chi connectivity index (χ3n) is 3.57. The van der Waals surface area contributed by atoms with Crippen LogP contribution in [0.25, 0.3) is 0 Å². The number of anilines is 1. The first-order valence-electron chi connectivity index (χ1n) is 7.72. The van der Waals surface area contributed by atoms with Crippen LogP contribution in [-0.2, 0) is 9.53 Å². The fourth-order valence-electron chi connectivity index (χ4n) is 2.13. The summed E-state index contributed by atoms with van der Waals surface area (Å²) in [6.45, 7) is 3.40. The molecule has 26 heavy (non-hydrogen) atoms. The number of nitro benzene ring substituents is 1. The van der Waals surface area contributed by atoms with E-state index in [1.165, 1.54) is 26.2 Å². The van der Waals surface area contributed by atoms with Gasteiger partial charge >= 0.3 is 11.7 Å².